The molecule has 5 nitrogen and oxygen atoms in total. The Balaban J connectivity index is 1.93. The number of nitrogens with zero attached hydrogens (tertiary/aromatic N) is 2. The van der Waals surface area contributed by atoms with Gasteiger partial charge < -0.3 is 0 Å². The van der Waals surface area contributed by atoms with Crippen LogP contribution >= 0.6 is 0 Å². The molecule has 0 amide bonds. The summed E-state index contributed by atoms with van der Waals surface area (Å²) in [6.07, 6.45) is -2.55. The Morgan fingerprint density at radius 3 is 2.68 bits per heavy atom. The molecule has 9 heteroatoms. The summed E-state index contributed by atoms with van der Waals surface area (Å²) in [5, 5.41) is 0. The largest absolute Gasteiger partial charge is 0.416 e. The summed E-state index contributed by atoms with van der Waals surface area (Å²) in [6, 6.07) is 5.36. The van der Waals surface area contributed by atoms with Crippen molar-refractivity contribution >= 4 is 10.2 Å². The maximum atomic E-state index is 12.8. The van der Waals surface area contributed by atoms with Gasteiger partial charge in [0.25, 0.3) is 10.2 Å². The second-order valence-electron chi connectivity index (χ2n) is 6.58. The van der Waals surface area contributed by atoms with Crippen LogP contribution in [0, 0.1) is 5.92 Å². The predicted octanol–water partition coefficient (Wildman–Crippen LogP) is 2.31. The highest BCUT2D eigenvalue weighted by atomic mass is 32.2. The number of nitrogens with one attached hydrogen (secondary N) is 1. The fourth-order valence-electron chi connectivity index (χ4n) is 2.92. The molecule has 0 spiro atoms. The zero-order chi connectivity index (χ0) is 18.7. The topological polar surface area (TPSA) is 52.7 Å². The quantitative estimate of drug-likeness (QED) is 0.825. The molecule has 1 atom stereocenters. The normalized spacial score (nSPS) is 20.2. The van der Waals surface area contributed by atoms with Gasteiger partial charge in [0, 0.05) is 33.7 Å². The molecule has 1 N–H and O–H groups in total. The highest BCUT2D eigenvalue weighted by molar-refractivity contribution is 7.87. The minimum atomic E-state index is -4.34. The minimum absolute atomic E-state index is 0.147. The molecule has 1 aliphatic heterocycles. The molecule has 0 aromatic heterocycles. The Kier molecular flexibility index (Phi) is 6.47. The lowest BCUT2D eigenvalue weighted by Gasteiger charge is -2.33. The van der Waals surface area contributed by atoms with Crippen molar-refractivity contribution in [3.05, 3.63) is 35.4 Å². The number of likely N-dealkylation sites (tertiary alicyclic amines) is 1. The van der Waals surface area contributed by atoms with E-state index in [1.165, 1.54) is 26.2 Å². The Hall–Kier alpha value is -1.16. The molecule has 0 bridgehead atoms. The molecule has 1 saturated heterocycles. The Morgan fingerprint density at radius 1 is 1.32 bits per heavy atom. The lowest BCUT2D eigenvalue weighted by atomic mass is 9.97. The smallest absolute Gasteiger partial charge is 0.299 e. The van der Waals surface area contributed by atoms with Crippen LogP contribution in [-0.2, 0) is 22.9 Å². The summed E-state index contributed by atoms with van der Waals surface area (Å²) in [6.45, 7) is 2.22. The van der Waals surface area contributed by atoms with E-state index < -0.39 is 21.9 Å². The van der Waals surface area contributed by atoms with Crippen LogP contribution in [0.25, 0.3) is 0 Å². The zero-order valence-corrected chi connectivity index (χ0v) is 15.2. The lowest BCUT2D eigenvalue weighted by Crippen LogP contribution is -2.43. The summed E-state index contributed by atoms with van der Waals surface area (Å²) in [7, 11) is -0.533. The van der Waals surface area contributed by atoms with Crippen molar-refractivity contribution in [2.45, 2.75) is 25.6 Å². The number of hydrogen-bond donors (Lipinski definition) is 1. The molecule has 2 rings (SSSR count). The molecule has 0 saturated carbocycles. The Bertz CT molecular complexity index is 677. The molecule has 1 aromatic carbocycles. The summed E-state index contributed by atoms with van der Waals surface area (Å²) < 4.78 is 65.6. The van der Waals surface area contributed by atoms with Crippen molar-refractivity contribution in [1.29, 1.82) is 0 Å². The molecule has 0 aliphatic carbocycles. The second kappa shape index (κ2) is 8.03. The highest BCUT2D eigenvalue weighted by Gasteiger charge is 2.30. The monoisotopic (exact) mass is 379 g/mol. The fourth-order valence-corrected chi connectivity index (χ4v) is 3.62. The first kappa shape index (κ1) is 20.2. The van der Waals surface area contributed by atoms with Crippen molar-refractivity contribution < 1.29 is 21.6 Å². The summed E-state index contributed by atoms with van der Waals surface area (Å²) >= 11 is 0. The van der Waals surface area contributed by atoms with Crippen LogP contribution in [0.4, 0.5) is 13.2 Å². The first-order valence-corrected chi connectivity index (χ1v) is 9.57. The van der Waals surface area contributed by atoms with Crippen LogP contribution in [-0.4, -0.2) is 51.4 Å². The van der Waals surface area contributed by atoms with Crippen LogP contribution in [0.3, 0.4) is 0 Å². The summed E-state index contributed by atoms with van der Waals surface area (Å²) in [4.78, 5) is 2.08. The van der Waals surface area contributed by atoms with E-state index in [9.17, 15) is 21.6 Å². The van der Waals surface area contributed by atoms with E-state index in [-0.39, 0.29) is 5.92 Å². The first-order chi connectivity index (χ1) is 11.6. The zero-order valence-electron chi connectivity index (χ0n) is 14.4. The van der Waals surface area contributed by atoms with E-state index in [4.69, 9.17) is 0 Å². The Morgan fingerprint density at radius 2 is 2.04 bits per heavy atom. The van der Waals surface area contributed by atoms with Crippen molar-refractivity contribution in [2.24, 2.45) is 5.92 Å². The van der Waals surface area contributed by atoms with Crippen molar-refractivity contribution in [3.8, 4) is 0 Å². The number of alkyl halides is 3. The molecule has 1 aliphatic rings. The maximum absolute atomic E-state index is 12.8. The van der Waals surface area contributed by atoms with Gasteiger partial charge in [0.1, 0.15) is 0 Å². The van der Waals surface area contributed by atoms with Crippen molar-refractivity contribution in [1.82, 2.24) is 13.9 Å². The SMILES string of the molecule is CN(C)S(=O)(=O)NCC1CCCN(Cc2cccc(C(F)(F)F)c2)C1. The van der Waals surface area contributed by atoms with E-state index >= 15 is 0 Å². The van der Waals surface area contributed by atoms with Gasteiger partial charge in [0.05, 0.1) is 5.56 Å². The third-order valence-electron chi connectivity index (χ3n) is 4.30. The minimum Gasteiger partial charge on any atom is -0.299 e. The third kappa shape index (κ3) is 5.95. The molecule has 1 unspecified atom stereocenters. The number of halogens is 3. The van der Waals surface area contributed by atoms with Gasteiger partial charge in [0.15, 0.2) is 0 Å². The number of benzene rings is 1. The van der Waals surface area contributed by atoms with Gasteiger partial charge in [-0.25, -0.2) is 4.72 Å². The Labute approximate surface area is 147 Å². The molecular formula is C16H24F3N3O2S. The van der Waals surface area contributed by atoms with Crippen LogP contribution in [0.2, 0.25) is 0 Å². The van der Waals surface area contributed by atoms with Gasteiger partial charge in [-0.2, -0.15) is 25.9 Å². The maximum Gasteiger partial charge on any atom is 0.416 e. The lowest BCUT2D eigenvalue weighted by molar-refractivity contribution is -0.137. The standard InChI is InChI=1S/C16H24F3N3O2S/c1-21(2)25(23,24)20-10-14-6-4-8-22(12-14)11-13-5-3-7-15(9-13)16(17,18)19/h3,5,7,9,14,20H,4,6,8,10-12H2,1-2H3. The fraction of sp³-hybridized carbons (Fsp3) is 0.625. The van der Waals surface area contributed by atoms with Crippen LogP contribution in [0.15, 0.2) is 24.3 Å². The summed E-state index contributed by atoms with van der Waals surface area (Å²) in [5.74, 6) is 0.147. The average molecular weight is 379 g/mol. The van der Waals surface area contributed by atoms with E-state index in [0.717, 1.165) is 29.8 Å². The number of hydrogen-bond acceptors (Lipinski definition) is 3. The molecule has 1 aromatic rings. The first-order valence-electron chi connectivity index (χ1n) is 8.13. The van der Waals surface area contributed by atoms with E-state index in [1.54, 1.807) is 6.07 Å². The van der Waals surface area contributed by atoms with Gasteiger partial charge in [-0.05, 0) is 36.9 Å². The van der Waals surface area contributed by atoms with Crippen molar-refractivity contribution in [3.63, 3.8) is 0 Å². The highest BCUT2D eigenvalue weighted by Crippen LogP contribution is 2.30. The number of rotatable bonds is 6. The molecule has 25 heavy (non-hydrogen) atoms. The molecule has 0 radical (unpaired) electrons. The van der Waals surface area contributed by atoms with Crippen LogP contribution in [0.1, 0.15) is 24.0 Å². The van der Waals surface area contributed by atoms with E-state index in [1.807, 2.05) is 0 Å². The summed E-state index contributed by atoms with van der Waals surface area (Å²) in [5.41, 5.74) is -0.0263. The van der Waals surface area contributed by atoms with Gasteiger partial charge in [-0.15, -0.1) is 0 Å². The predicted molar refractivity (Wildman–Crippen MR) is 90.1 cm³/mol. The molecular weight excluding hydrogens is 355 g/mol. The van der Waals surface area contributed by atoms with Crippen molar-refractivity contribution in [2.75, 3.05) is 33.7 Å². The number of piperidine rings is 1. The van der Waals surface area contributed by atoms with Gasteiger partial charge in [-0.3, -0.25) is 4.90 Å². The van der Waals surface area contributed by atoms with Gasteiger partial charge in [0.2, 0.25) is 0 Å². The third-order valence-corrected chi connectivity index (χ3v) is 5.79. The molecule has 1 heterocycles. The molecule has 1 fully saturated rings. The molecule has 142 valence electrons. The average Bonchev–Trinajstić information content (AvgIpc) is 2.53. The van der Waals surface area contributed by atoms with Crippen LogP contribution in [0.5, 0.6) is 0 Å². The van der Waals surface area contributed by atoms with E-state index in [0.29, 0.717) is 25.2 Å². The van der Waals surface area contributed by atoms with Crippen LogP contribution < -0.4 is 4.72 Å². The van der Waals surface area contributed by atoms with Gasteiger partial charge in [-0.1, -0.05) is 18.2 Å². The van der Waals surface area contributed by atoms with E-state index in [2.05, 4.69) is 9.62 Å². The van der Waals surface area contributed by atoms with Gasteiger partial charge >= 0.3 is 6.18 Å². The second-order valence-corrected chi connectivity index (χ2v) is 8.55.